The number of benzene rings is 5. The van der Waals surface area contributed by atoms with Gasteiger partial charge in [-0.15, -0.1) is 11.3 Å². The molecule has 0 saturated carbocycles. The number of nitriles is 1. The van der Waals surface area contributed by atoms with Crippen LogP contribution in [0.15, 0.2) is 127 Å². The molecule has 44 heavy (non-hydrogen) atoms. The van der Waals surface area contributed by atoms with Crippen molar-refractivity contribution in [2.24, 2.45) is 0 Å². The molecule has 0 aliphatic heterocycles. The number of para-hydroxylation sites is 2. The second-order valence-electron chi connectivity index (χ2n) is 12.1. The first-order valence-corrected chi connectivity index (χ1v) is 15.8. The van der Waals surface area contributed by atoms with Crippen LogP contribution in [0.25, 0.3) is 64.4 Å². The molecule has 0 atom stereocenters. The van der Waals surface area contributed by atoms with E-state index in [0.717, 1.165) is 27.8 Å². The summed E-state index contributed by atoms with van der Waals surface area (Å²) in [5, 5.41) is 15.3. The van der Waals surface area contributed by atoms with E-state index in [4.69, 9.17) is 0 Å². The van der Waals surface area contributed by atoms with Crippen molar-refractivity contribution in [3.63, 3.8) is 0 Å². The summed E-state index contributed by atoms with van der Waals surface area (Å²) in [4.78, 5) is 0. The van der Waals surface area contributed by atoms with Crippen LogP contribution in [0.3, 0.4) is 0 Å². The zero-order valence-electron chi connectivity index (χ0n) is 25.0. The molecule has 3 heteroatoms. The fraction of sp³-hybridized carbons (Fsp3) is 0.0976. The average Bonchev–Trinajstić information content (AvgIpc) is 3.64. The molecule has 2 heterocycles. The van der Waals surface area contributed by atoms with Gasteiger partial charge in [0.1, 0.15) is 0 Å². The molecule has 1 aliphatic rings. The van der Waals surface area contributed by atoms with Crippen LogP contribution in [-0.2, 0) is 5.41 Å². The van der Waals surface area contributed by atoms with Crippen LogP contribution in [0.2, 0.25) is 0 Å². The molecule has 5 aromatic carbocycles. The van der Waals surface area contributed by atoms with Gasteiger partial charge in [0.05, 0.1) is 28.4 Å². The molecule has 0 bridgehead atoms. The molecule has 0 radical (unpaired) electrons. The van der Waals surface area contributed by atoms with Crippen LogP contribution in [0.5, 0.6) is 0 Å². The molecule has 8 rings (SSSR count). The lowest BCUT2D eigenvalue weighted by atomic mass is 9.80. The number of thiophene rings is 1. The maximum atomic E-state index is 10.4. The van der Waals surface area contributed by atoms with E-state index in [9.17, 15) is 5.26 Å². The van der Waals surface area contributed by atoms with Gasteiger partial charge in [-0.25, -0.2) is 0 Å². The first kappa shape index (κ1) is 26.5. The average molecular weight is 583 g/mol. The van der Waals surface area contributed by atoms with Crippen LogP contribution in [0, 0.1) is 11.3 Å². The minimum Gasteiger partial charge on any atom is -0.309 e. The molecule has 0 fully saturated rings. The van der Waals surface area contributed by atoms with E-state index in [1.807, 2.05) is 35.6 Å². The van der Waals surface area contributed by atoms with Crippen LogP contribution in [0.1, 0.15) is 37.5 Å². The van der Waals surface area contributed by atoms with Gasteiger partial charge in [-0.05, 0) is 71.2 Å². The van der Waals surface area contributed by atoms with E-state index in [2.05, 4.69) is 129 Å². The minimum absolute atomic E-state index is 0.112. The number of aromatic nitrogens is 1. The van der Waals surface area contributed by atoms with Crippen molar-refractivity contribution in [1.29, 1.82) is 5.26 Å². The van der Waals surface area contributed by atoms with Gasteiger partial charge in [0.15, 0.2) is 0 Å². The Hall–Kier alpha value is -5.17. The van der Waals surface area contributed by atoms with Crippen molar-refractivity contribution < 1.29 is 0 Å². The molecule has 0 amide bonds. The molecule has 7 aromatic rings. The Labute approximate surface area is 261 Å². The highest BCUT2D eigenvalue weighted by molar-refractivity contribution is 7.26. The number of hydrogen-bond acceptors (Lipinski definition) is 2. The molecule has 0 N–H and O–H groups in total. The van der Waals surface area contributed by atoms with E-state index in [-0.39, 0.29) is 5.41 Å². The Morgan fingerprint density at radius 1 is 0.818 bits per heavy atom. The molecular weight excluding hydrogens is 553 g/mol. The zero-order valence-corrected chi connectivity index (χ0v) is 25.8. The minimum atomic E-state index is -0.112. The maximum absolute atomic E-state index is 10.4. The normalized spacial score (nSPS) is 14.3. The van der Waals surface area contributed by atoms with E-state index in [1.54, 1.807) is 0 Å². The first-order chi connectivity index (χ1) is 21.4. The number of fused-ring (bicyclic) bond motifs is 8. The van der Waals surface area contributed by atoms with Crippen LogP contribution < -0.4 is 0 Å². The van der Waals surface area contributed by atoms with Gasteiger partial charge in [-0.3, -0.25) is 0 Å². The van der Waals surface area contributed by atoms with E-state index >= 15 is 0 Å². The van der Waals surface area contributed by atoms with Crippen molar-refractivity contribution >= 4 is 58.9 Å². The standard InChI is InChI=1S/C41H30N2S/c1-5-6-15-33-25(2)28-20-21-31-32-23-26(19-22-37(32)44-40(31)39(28)41(33,3)4)38-27(24-42)12-11-18-36(38)43-34-16-9-7-13-29(34)30-14-8-10-17-35(30)43/h5-23H,1H2,2-4H3/b15-6-. The quantitative estimate of drug-likeness (QED) is 0.190. The number of rotatable bonds is 4. The summed E-state index contributed by atoms with van der Waals surface area (Å²) in [6.45, 7) is 10.8. The van der Waals surface area contributed by atoms with Crippen LogP contribution >= 0.6 is 11.3 Å². The fourth-order valence-electron chi connectivity index (χ4n) is 7.48. The summed E-state index contributed by atoms with van der Waals surface area (Å²) < 4.78 is 4.92. The third kappa shape index (κ3) is 3.59. The summed E-state index contributed by atoms with van der Waals surface area (Å²) in [6, 6.07) is 37.0. The summed E-state index contributed by atoms with van der Waals surface area (Å²) in [5.41, 5.74) is 11.3. The first-order valence-electron chi connectivity index (χ1n) is 15.0. The smallest absolute Gasteiger partial charge is 0.0998 e. The van der Waals surface area contributed by atoms with Gasteiger partial charge < -0.3 is 4.57 Å². The van der Waals surface area contributed by atoms with Crippen LogP contribution in [-0.4, -0.2) is 4.57 Å². The molecule has 210 valence electrons. The lowest BCUT2D eigenvalue weighted by Crippen LogP contribution is -2.16. The Kier molecular flexibility index (Phi) is 5.82. The van der Waals surface area contributed by atoms with E-state index in [0.29, 0.717) is 5.56 Å². The Morgan fingerprint density at radius 2 is 1.55 bits per heavy atom. The topological polar surface area (TPSA) is 28.7 Å². The van der Waals surface area contributed by atoms with Gasteiger partial charge in [-0.2, -0.15) is 5.26 Å². The highest BCUT2D eigenvalue weighted by Gasteiger charge is 2.37. The molecule has 1 aliphatic carbocycles. The third-order valence-electron chi connectivity index (χ3n) is 9.42. The second-order valence-corrected chi connectivity index (χ2v) is 13.2. The maximum Gasteiger partial charge on any atom is 0.0998 e. The molecule has 2 nitrogen and oxygen atoms in total. The van der Waals surface area contributed by atoms with E-state index in [1.165, 1.54) is 53.2 Å². The highest BCUT2D eigenvalue weighted by atomic mass is 32.1. The van der Waals surface area contributed by atoms with Gasteiger partial charge in [0, 0.05) is 41.9 Å². The predicted molar refractivity (Wildman–Crippen MR) is 189 cm³/mol. The van der Waals surface area contributed by atoms with Gasteiger partial charge >= 0.3 is 0 Å². The largest absolute Gasteiger partial charge is 0.309 e. The lowest BCUT2D eigenvalue weighted by molar-refractivity contribution is 0.661. The molecular formula is C41H30N2S. The second kappa shape index (κ2) is 9.67. The molecule has 2 aromatic heterocycles. The van der Waals surface area contributed by atoms with Crippen molar-refractivity contribution in [2.75, 3.05) is 0 Å². The predicted octanol–water partition coefficient (Wildman–Crippen LogP) is 11.5. The van der Waals surface area contributed by atoms with Crippen molar-refractivity contribution in [3.8, 4) is 22.9 Å². The summed E-state index contributed by atoms with van der Waals surface area (Å²) in [7, 11) is 0. The summed E-state index contributed by atoms with van der Waals surface area (Å²) in [5.74, 6) is 0. The highest BCUT2D eigenvalue weighted by Crippen LogP contribution is 2.52. The fourth-order valence-corrected chi connectivity index (χ4v) is 8.87. The Morgan fingerprint density at radius 3 is 2.25 bits per heavy atom. The summed E-state index contributed by atoms with van der Waals surface area (Å²) in [6.07, 6.45) is 6.11. The SMILES string of the molecule is C=C/C=C\C1=C(C)c2ccc3c(sc4ccc(-c5c(C#N)cccc5-n5c6ccccc6c6ccccc65)cc43)c2C1(C)C. The lowest BCUT2D eigenvalue weighted by Gasteiger charge is -2.23. The number of nitrogens with zero attached hydrogens (tertiary/aromatic N) is 2. The Balaban J connectivity index is 1.39. The zero-order chi connectivity index (χ0) is 30.2. The van der Waals surface area contributed by atoms with Crippen molar-refractivity contribution in [1.82, 2.24) is 4.57 Å². The number of allylic oxidation sites excluding steroid dienone is 5. The number of hydrogen-bond donors (Lipinski definition) is 0. The third-order valence-corrected chi connectivity index (χ3v) is 10.6. The van der Waals surface area contributed by atoms with Crippen molar-refractivity contribution in [3.05, 3.63) is 144 Å². The molecule has 0 unspecified atom stereocenters. The van der Waals surface area contributed by atoms with Gasteiger partial charge in [-0.1, -0.05) is 99.3 Å². The van der Waals surface area contributed by atoms with Gasteiger partial charge in [0.2, 0.25) is 0 Å². The van der Waals surface area contributed by atoms with E-state index < -0.39 is 0 Å². The van der Waals surface area contributed by atoms with Crippen molar-refractivity contribution in [2.45, 2.75) is 26.2 Å². The monoisotopic (exact) mass is 582 g/mol. The Bertz CT molecular complexity index is 2400. The van der Waals surface area contributed by atoms with Crippen LogP contribution in [0.4, 0.5) is 0 Å². The van der Waals surface area contributed by atoms with Gasteiger partial charge in [0.25, 0.3) is 0 Å². The molecule has 0 spiro atoms. The molecule has 0 saturated heterocycles. The summed E-state index contributed by atoms with van der Waals surface area (Å²) >= 11 is 1.88.